The molecular weight excluding hydrogens is 432 g/mol. The average molecular weight is 445 g/mol. The van der Waals surface area contributed by atoms with E-state index in [0.717, 1.165) is 10.0 Å². The molecule has 1 amide bonds. The van der Waals surface area contributed by atoms with E-state index in [0.29, 0.717) is 28.0 Å². The van der Waals surface area contributed by atoms with Crippen molar-refractivity contribution in [2.24, 2.45) is 5.10 Å². The van der Waals surface area contributed by atoms with Gasteiger partial charge in [0, 0.05) is 15.6 Å². The van der Waals surface area contributed by atoms with Crippen molar-refractivity contribution in [1.29, 1.82) is 0 Å². The molecule has 1 aliphatic heterocycles. The van der Waals surface area contributed by atoms with E-state index in [1.807, 2.05) is 42.5 Å². The summed E-state index contributed by atoms with van der Waals surface area (Å²) in [5.41, 5.74) is 2.42. The van der Waals surface area contributed by atoms with E-state index in [9.17, 15) is 9.59 Å². The molecule has 0 unspecified atom stereocenters. The van der Waals surface area contributed by atoms with Gasteiger partial charge in [0.25, 0.3) is 11.5 Å². The highest BCUT2D eigenvalue weighted by atomic mass is 79.9. The van der Waals surface area contributed by atoms with Gasteiger partial charge in [0.05, 0.1) is 16.6 Å². The number of carbonyl (C=O) groups excluding carboxylic acids is 1. The summed E-state index contributed by atoms with van der Waals surface area (Å²) in [5, 5.41) is 7.69. The molecule has 2 heterocycles. The third-order valence-corrected chi connectivity index (χ3v) is 5.18. The number of para-hydroxylation sites is 1. The van der Waals surface area contributed by atoms with Crippen LogP contribution in [0.5, 0.6) is 0 Å². The molecular formula is C22H13BrN4O2. The zero-order valence-corrected chi connectivity index (χ0v) is 16.6. The van der Waals surface area contributed by atoms with Crippen LogP contribution >= 0.6 is 15.9 Å². The molecule has 140 valence electrons. The predicted molar refractivity (Wildman–Crippen MR) is 116 cm³/mol. The summed E-state index contributed by atoms with van der Waals surface area (Å²) >= 11 is 3.42. The number of benzene rings is 3. The van der Waals surface area contributed by atoms with E-state index in [4.69, 9.17) is 0 Å². The number of aromatic nitrogens is 2. The van der Waals surface area contributed by atoms with Gasteiger partial charge in [-0.3, -0.25) is 9.59 Å². The highest BCUT2D eigenvalue weighted by molar-refractivity contribution is 9.10. The van der Waals surface area contributed by atoms with Gasteiger partial charge < -0.3 is 5.32 Å². The average Bonchev–Trinajstić information content (AvgIpc) is 3.05. The van der Waals surface area contributed by atoms with Crippen LogP contribution in [-0.4, -0.2) is 21.3 Å². The van der Waals surface area contributed by atoms with Crippen LogP contribution in [0.15, 0.2) is 87.2 Å². The fourth-order valence-corrected chi connectivity index (χ4v) is 3.68. The van der Waals surface area contributed by atoms with Crippen molar-refractivity contribution < 1.29 is 4.79 Å². The first-order valence-electron chi connectivity index (χ1n) is 8.89. The molecule has 4 aromatic rings. The van der Waals surface area contributed by atoms with Gasteiger partial charge in [-0.15, -0.1) is 0 Å². The van der Waals surface area contributed by atoms with Gasteiger partial charge >= 0.3 is 0 Å². The van der Waals surface area contributed by atoms with Crippen LogP contribution in [-0.2, 0) is 4.79 Å². The Labute approximate surface area is 173 Å². The smallest absolute Gasteiger partial charge is 0.282 e. The van der Waals surface area contributed by atoms with Crippen molar-refractivity contribution in [3.05, 3.63) is 93.2 Å². The second kappa shape index (κ2) is 6.79. The van der Waals surface area contributed by atoms with Gasteiger partial charge in [0.2, 0.25) is 0 Å². The molecule has 0 bridgehead atoms. The standard InChI is InChI=1S/C22H13BrN4O2/c23-14-10-11-18-16(12-14)19(21(28)25-18)26-27-20(13-6-2-1-3-7-13)24-17-9-5-4-8-15(17)22(27)29/h1-12H,(H,25,26,28). The Morgan fingerprint density at radius 2 is 1.69 bits per heavy atom. The monoisotopic (exact) mass is 444 g/mol. The number of amides is 1. The van der Waals surface area contributed by atoms with Crippen LogP contribution < -0.4 is 10.9 Å². The summed E-state index contributed by atoms with van der Waals surface area (Å²) in [7, 11) is 0. The number of rotatable bonds is 2. The largest absolute Gasteiger partial charge is 0.320 e. The maximum absolute atomic E-state index is 13.3. The number of carbonyl (C=O) groups is 1. The van der Waals surface area contributed by atoms with Gasteiger partial charge in [-0.2, -0.15) is 9.78 Å². The molecule has 29 heavy (non-hydrogen) atoms. The van der Waals surface area contributed by atoms with E-state index in [2.05, 4.69) is 31.3 Å². The molecule has 0 fully saturated rings. The minimum absolute atomic E-state index is 0.165. The van der Waals surface area contributed by atoms with Crippen molar-refractivity contribution in [3.8, 4) is 11.4 Å². The molecule has 0 spiro atoms. The van der Waals surface area contributed by atoms with Crippen LogP contribution in [0.4, 0.5) is 5.69 Å². The van der Waals surface area contributed by atoms with Crippen LogP contribution in [0.1, 0.15) is 5.56 Å². The van der Waals surface area contributed by atoms with Crippen LogP contribution in [0.3, 0.4) is 0 Å². The minimum Gasteiger partial charge on any atom is -0.320 e. The topological polar surface area (TPSA) is 76.3 Å². The number of nitrogens with zero attached hydrogens (tertiary/aromatic N) is 3. The second-order valence-electron chi connectivity index (χ2n) is 6.53. The molecule has 0 saturated heterocycles. The summed E-state index contributed by atoms with van der Waals surface area (Å²) in [5.74, 6) is 0.00946. The summed E-state index contributed by atoms with van der Waals surface area (Å²) in [6, 6.07) is 21.8. The molecule has 3 aromatic carbocycles. The second-order valence-corrected chi connectivity index (χ2v) is 7.44. The van der Waals surface area contributed by atoms with Crippen molar-refractivity contribution in [2.75, 3.05) is 5.32 Å². The Hall–Kier alpha value is -3.58. The molecule has 0 radical (unpaired) electrons. The maximum Gasteiger partial charge on any atom is 0.282 e. The lowest BCUT2D eigenvalue weighted by Crippen LogP contribution is -2.24. The lowest BCUT2D eigenvalue weighted by Gasteiger charge is -2.10. The first kappa shape index (κ1) is 17.5. The number of anilines is 1. The van der Waals surface area contributed by atoms with E-state index in [1.54, 1.807) is 30.3 Å². The molecule has 7 heteroatoms. The third kappa shape index (κ3) is 2.96. The minimum atomic E-state index is -0.364. The molecule has 1 N–H and O–H groups in total. The molecule has 0 atom stereocenters. The third-order valence-electron chi connectivity index (χ3n) is 4.69. The molecule has 0 aliphatic carbocycles. The number of halogens is 1. The van der Waals surface area contributed by atoms with E-state index in [-0.39, 0.29) is 17.2 Å². The Morgan fingerprint density at radius 1 is 0.931 bits per heavy atom. The van der Waals surface area contributed by atoms with Crippen molar-refractivity contribution in [2.45, 2.75) is 0 Å². The van der Waals surface area contributed by atoms with Crippen molar-refractivity contribution >= 4 is 44.1 Å². The highest BCUT2D eigenvalue weighted by Crippen LogP contribution is 2.27. The first-order chi connectivity index (χ1) is 14.1. The highest BCUT2D eigenvalue weighted by Gasteiger charge is 2.27. The zero-order chi connectivity index (χ0) is 20.0. The summed E-state index contributed by atoms with van der Waals surface area (Å²) in [6.07, 6.45) is 0. The molecule has 1 aliphatic rings. The van der Waals surface area contributed by atoms with E-state index >= 15 is 0 Å². The predicted octanol–water partition coefficient (Wildman–Crippen LogP) is 4.03. The fraction of sp³-hybridized carbons (Fsp3) is 0. The Bertz CT molecular complexity index is 1380. The first-order valence-corrected chi connectivity index (χ1v) is 9.68. The van der Waals surface area contributed by atoms with Crippen LogP contribution in [0.2, 0.25) is 0 Å². The van der Waals surface area contributed by atoms with Crippen molar-refractivity contribution in [1.82, 2.24) is 9.66 Å². The van der Waals surface area contributed by atoms with E-state index in [1.165, 1.54) is 4.68 Å². The van der Waals surface area contributed by atoms with E-state index < -0.39 is 0 Å². The summed E-state index contributed by atoms with van der Waals surface area (Å²) in [4.78, 5) is 30.5. The summed E-state index contributed by atoms with van der Waals surface area (Å²) in [6.45, 7) is 0. The molecule has 6 nitrogen and oxygen atoms in total. The molecule has 1 aromatic heterocycles. The SMILES string of the molecule is O=C1Nc2ccc(Br)cc2C1=Nn1c(-c2ccccc2)nc2ccccc2c1=O. The quantitative estimate of drug-likeness (QED) is 0.506. The zero-order valence-electron chi connectivity index (χ0n) is 15.0. The number of fused-ring (bicyclic) bond motifs is 2. The van der Waals surface area contributed by atoms with Gasteiger partial charge in [-0.1, -0.05) is 58.4 Å². The maximum atomic E-state index is 13.3. The van der Waals surface area contributed by atoms with Gasteiger partial charge in [0.15, 0.2) is 11.5 Å². The lowest BCUT2D eigenvalue weighted by atomic mass is 10.1. The molecule has 5 rings (SSSR count). The van der Waals surface area contributed by atoms with Crippen LogP contribution in [0, 0.1) is 0 Å². The number of nitrogens with one attached hydrogen (secondary N) is 1. The summed E-state index contributed by atoms with van der Waals surface area (Å²) < 4.78 is 2.02. The number of hydrogen-bond acceptors (Lipinski definition) is 4. The van der Waals surface area contributed by atoms with Gasteiger partial charge in [0.1, 0.15) is 0 Å². The van der Waals surface area contributed by atoms with Gasteiger partial charge in [-0.25, -0.2) is 4.98 Å². The Morgan fingerprint density at radius 3 is 2.52 bits per heavy atom. The molecule has 0 saturated carbocycles. The fourth-order valence-electron chi connectivity index (χ4n) is 3.32. The van der Waals surface area contributed by atoms with Crippen LogP contribution in [0.25, 0.3) is 22.3 Å². The number of hydrogen-bond donors (Lipinski definition) is 1. The normalized spacial score (nSPS) is 14.2. The van der Waals surface area contributed by atoms with Crippen molar-refractivity contribution in [3.63, 3.8) is 0 Å². The lowest BCUT2D eigenvalue weighted by molar-refractivity contribution is -0.110. The Balaban J connectivity index is 1.83. The van der Waals surface area contributed by atoms with Gasteiger partial charge in [-0.05, 0) is 30.3 Å². The Kier molecular flexibility index (Phi) is 4.10.